The fraction of sp³-hybridized carbons (Fsp3) is 0.458. The van der Waals surface area contributed by atoms with E-state index in [1.165, 1.54) is 12.1 Å². The Labute approximate surface area is 202 Å². The van der Waals surface area contributed by atoms with E-state index in [0.717, 1.165) is 0 Å². The highest BCUT2D eigenvalue weighted by atomic mass is 35.5. The molecular weight excluding hydrogens is 463 g/mol. The van der Waals surface area contributed by atoms with Crippen LogP contribution in [-0.2, 0) is 16.9 Å². The number of aromatic nitrogens is 3. The third-order valence-corrected chi connectivity index (χ3v) is 6.13. The van der Waals surface area contributed by atoms with Crippen LogP contribution in [0.5, 0.6) is 0 Å². The molecule has 8 nitrogen and oxygen atoms in total. The molecule has 10 heteroatoms. The monoisotopic (exact) mass is 490 g/mol. The van der Waals surface area contributed by atoms with Gasteiger partial charge in [-0.3, -0.25) is 0 Å². The minimum atomic E-state index is -1.22. The molecule has 0 atom stereocenters. The van der Waals surface area contributed by atoms with Crippen LogP contribution in [0.25, 0.3) is 22.7 Å². The molecule has 0 unspecified atom stereocenters. The van der Waals surface area contributed by atoms with E-state index in [-0.39, 0.29) is 16.3 Å². The van der Waals surface area contributed by atoms with Crippen molar-refractivity contribution >= 4 is 17.7 Å². The zero-order valence-electron chi connectivity index (χ0n) is 19.6. The molecule has 34 heavy (non-hydrogen) atoms. The summed E-state index contributed by atoms with van der Waals surface area (Å²) in [5.41, 5.74) is -0.763. The van der Waals surface area contributed by atoms with E-state index >= 15 is 0 Å². The highest BCUT2D eigenvalue weighted by molar-refractivity contribution is 6.33. The minimum absolute atomic E-state index is 0.162. The zero-order valence-corrected chi connectivity index (χ0v) is 20.4. The summed E-state index contributed by atoms with van der Waals surface area (Å²) in [5.74, 6) is 0.364. The van der Waals surface area contributed by atoms with E-state index in [2.05, 4.69) is 10.1 Å². The summed E-state index contributed by atoms with van der Waals surface area (Å²) < 4.78 is 27.1. The van der Waals surface area contributed by atoms with Gasteiger partial charge in [-0.2, -0.15) is 0 Å². The Morgan fingerprint density at radius 3 is 2.65 bits per heavy atom. The Balaban J connectivity index is 1.57. The first-order chi connectivity index (χ1) is 16.0. The van der Waals surface area contributed by atoms with Crippen LogP contribution in [0.1, 0.15) is 46.4 Å². The molecule has 0 bridgehead atoms. The van der Waals surface area contributed by atoms with Crippen molar-refractivity contribution in [3.63, 3.8) is 0 Å². The molecule has 1 amide bonds. The first kappa shape index (κ1) is 24.2. The molecular formula is C24H28ClFN4O4. The van der Waals surface area contributed by atoms with Gasteiger partial charge in [0.25, 0.3) is 0 Å². The molecule has 2 aromatic heterocycles. The van der Waals surface area contributed by atoms with Crippen LogP contribution in [0.15, 0.2) is 35.0 Å². The molecule has 1 N–H and O–H groups in total. The van der Waals surface area contributed by atoms with E-state index < -0.39 is 23.1 Å². The minimum Gasteiger partial charge on any atom is -0.444 e. The Bertz CT molecular complexity index is 1170. The lowest BCUT2D eigenvalue weighted by Gasteiger charge is -2.38. The number of likely N-dealkylation sites (tertiary alicyclic amines) is 1. The second-order valence-corrected chi connectivity index (χ2v) is 9.79. The maximum absolute atomic E-state index is 14.3. The normalized spacial score (nSPS) is 16.0. The number of ether oxygens (including phenoxy) is 1. The van der Waals surface area contributed by atoms with Crippen LogP contribution >= 0.6 is 11.6 Å². The van der Waals surface area contributed by atoms with E-state index in [9.17, 15) is 14.3 Å². The van der Waals surface area contributed by atoms with Gasteiger partial charge in [-0.15, -0.1) is 0 Å². The molecule has 1 aliphatic heterocycles. The Morgan fingerprint density at radius 2 is 2.03 bits per heavy atom. The molecule has 4 rings (SSSR count). The number of carbonyl (C=O) groups is 1. The predicted molar refractivity (Wildman–Crippen MR) is 125 cm³/mol. The first-order valence-corrected chi connectivity index (χ1v) is 11.6. The van der Waals surface area contributed by atoms with Crippen molar-refractivity contribution in [1.82, 2.24) is 19.6 Å². The molecule has 0 radical (unpaired) electrons. The summed E-state index contributed by atoms with van der Waals surface area (Å²) in [6.45, 7) is 8.59. The molecule has 1 saturated heterocycles. The van der Waals surface area contributed by atoms with Crippen LogP contribution in [0.3, 0.4) is 0 Å². The topological polar surface area (TPSA) is 93.6 Å². The van der Waals surface area contributed by atoms with Gasteiger partial charge in [0.2, 0.25) is 0 Å². The summed E-state index contributed by atoms with van der Waals surface area (Å²) in [5, 5.41) is 15.7. The van der Waals surface area contributed by atoms with Gasteiger partial charge in [0, 0.05) is 38.5 Å². The highest BCUT2D eigenvalue weighted by Crippen LogP contribution is 2.37. The van der Waals surface area contributed by atoms with Gasteiger partial charge in [-0.25, -0.2) is 14.2 Å². The molecule has 0 saturated carbocycles. The SMILES string of the molecule is CCn1c(-c2cc(-c3c(F)cccc3Cl)no2)cnc1C1(O)CCN(C(=O)OC(C)(C)C)CC1. The van der Waals surface area contributed by atoms with Crippen molar-refractivity contribution in [2.24, 2.45) is 0 Å². The standard InChI is InChI=1S/C24H28ClFN4O4/c1-5-30-18(19-13-17(28-34-19)20-15(25)7-6-8-16(20)26)14-27-21(30)24(32)9-11-29(12-10-24)22(31)33-23(2,3)4/h6-8,13-14,32H,5,9-12H2,1-4H3. The number of benzene rings is 1. The summed E-state index contributed by atoms with van der Waals surface area (Å²) in [4.78, 5) is 18.5. The fourth-order valence-corrected chi connectivity index (χ4v) is 4.39. The Morgan fingerprint density at radius 1 is 1.32 bits per heavy atom. The van der Waals surface area contributed by atoms with E-state index in [0.29, 0.717) is 49.8 Å². The fourth-order valence-electron chi connectivity index (χ4n) is 4.13. The first-order valence-electron chi connectivity index (χ1n) is 11.2. The second kappa shape index (κ2) is 9.03. The summed E-state index contributed by atoms with van der Waals surface area (Å²) in [6.07, 6.45) is 1.84. The van der Waals surface area contributed by atoms with Crippen molar-refractivity contribution in [2.75, 3.05) is 13.1 Å². The summed E-state index contributed by atoms with van der Waals surface area (Å²) >= 11 is 6.16. The predicted octanol–water partition coefficient (Wildman–Crippen LogP) is 5.24. The number of nitrogens with zero attached hydrogens (tertiary/aromatic N) is 4. The van der Waals surface area contributed by atoms with Gasteiger partial charge in [0.1, 0.15) is 34.2 Å². The number of hydrogen-bond acceptors (Lipinski definition) is 6. The average Bonchev–Trinajstić information content (AvgIpc) is 3.40. The van der Waals surface area contributed by atoms with Crippen molar-refractivity contribution in [3.8, 4) is 22.7 Å². The third-order valence-electron chi connectivity index (χ3n) is 5.81. The lowest BCUT2D eigenvalue weighted by atomic mass is 9.90. The number of rotatable bonds is 4. The lowest BCUT2D eigenvalue weighted by molar-refractivity contribution is -0.0426. The third kappa shape index (κ3) is 4.67. The van der Waals surface area contributed by atoms with Gasteiger partial charge in [-0.05, 0) is 39.8 Å². The van der Waals surface area contributed by atoms with Crippen molar-refractivity contribution < 1.29 is 23.6 Å². The molecule has 3 heterocycles. The molecule has 0 spiro atoms. The van der Waals surface area contributed by atoms with Gasteiger partial charge < -0.3 is 23.8 Å². The van der Waals surface area contributed by atoms with Crippen LogP contribution < -0.4 is 0 Å². The van der Waals surface area contributed by atoms with Crippen LogP contribution in [-0.4, -0.2) is 49.5 Å². The molecule has 1 fully saturated rings. The number of imidazole rings is 1. The van der Waals surface area contributed by atoms with E-state index in [1.54, 1.807) is 23.2 Å². The van der Waals surface area contributed by atoms with Gasteiger partial charge in [0.05, 0.1) is 16.8 Å². The van der Waals surface area contributed by atoms with Crippen LogP contribution in [0.2, 0.25) is 5.02 Å². The Hall–Kier alpha value is -2.91. The summed E-state index contributed by atoms with van der Waals surface area (Å²) in [6, 6.07) is 6.02. The molecule has 1 aromatic carbocycles. The van der Waals surface area contributed by atoms with Crippen molar-refractivity contribution in [1.29, 1.82) is 0 Å². The lowest BCUT2D eigenvalue weighted by Crippen LogP contribution is -2.47. The highest BCUT2D eigenvalue weighted by Gasteiger charge is 2.40. The molecule has 3 aromatic rings. The van der Waals surface area contributed by atoms with Gasteiger partial charge in [-0.1, -0.05) is 22.8 Å². The van der Waals surface area contributed by atoms with Crippen molar-refractivity contribution in [2.45, 2.75) is 58.3 Å². The van der Waals surface area contributed by atoms with Crippen LogP contribution in [0, 0.1) is 5.82 Å². The number of piperidine rings is 1. The number of carbonyl (C=O) groups excluding carboxylic acids is 1. The number of aliphatic hydroxyl groups is 1. The van der Waals surface area contributed by atoms with Gasteiger partial charge in [0.15, 0.2) is 5.76 Å². The Kier molecular flexibility index (Phi) is 6.44. The maximum Gasteiger partial charge on any atom is 0.410 e. The number of hydrogen-bond donors (Lipinski definition) is 1. The largest absolute Gasteiger partial charge is 0.444 e. The smallest absolute Gasteiger partial charge is 0.410 e. The quantitative estimate of drug-likeness (QED) is 0.537. The number of amides is 1. The maximum atomic E-state index is 14.3. The molecule has 1 aliphatic rings. The van der Waals surface area contributed by atoms with E-state index in [4.69, 9.17) is 20.9 Å². The average molecular weight is 491 g/mol. The van der Waals surface area contributed by atoms with E-state index in [1.807, 2.05) is 32.3 Å². The molecule has 182 valence electrons. The molecule has 0 aliphatic carbocycles. The van der Waals surface area contributed by atoms with Gasteiger partial charge >= 0.3 is 6.09 Å². The van der Waals surface area contributed by atoms with Crippen molar-refractivity contribution in [3.05, 3.63) is 47.1 Å². The second-order valence-electron chi connectivity index (χ2n) is 9.38. The summed E-state index contributed by atoms with van der Waals surface area (Å²) in [7, 11) is 0. The van der Waals surface area contributed by atoms with Crippen LogP contribution in [0.4, 0.5) is 9.18 Å². The zero-order chi connectivity index (χ0) is 24.7. The number of halogens is 2.